The van der Waals surface area contributed by atoms with Gasteiger partial charge in [0.05, 0.1) is 30.3 Å². The van der Waals surface area contributed by atoms with Crippen LogP contribution in [0.25, 0.3) is 0 Å². The fraction of sp³-hybridized carbons (Fsp3) is 0.692. The van der Waals surface area contributed by atoms with Crippen LogP contribution in [0.15, 0.2) is 6.33 Å². The maximum Gasteiger partial charge on any atom is 0.240 e. The van der Waals surface area contributed by atoms with Gasteiger partial charge in [-0.3, -0.25) is 15.6 Å². The minimum Gasteiger partial charge on any atom is -0.347 e. The molecule has 3 heterocycles. The van der Waals surface area contributed by atoms with Gasteiger partial charge in [0.15, 0.2) is 0 Å². The summed E-state index contributed by atoms with van der Waals surface area (Å²) < 4.78 is 0. The Morgan fingerprint density at radius 1 is 1.45 bits per heavy atom. The van der Waals surface area contributed by atoms with E-state index in [9.17, 15) is 4.79 Å². The fourth-order valence-electron chi connectivity index (χ4n) is 3.29. The second-order valence-corrected chi connectivity index (χ2v) is 5.81. The first-order valence-corrected chi connectivity index (χ1v) is 7.14. The Balaban J connectivity index is 1.70. The number of aromatic amines is 1. The van der Waals surface area contributed by atoms with Crippen molar-refractivity contribution in [1.29, 1.82) is 0 Å². The molecule has 7 nitrogen and oxygen atoms in total. The van der Waals surface area contributed by atoms with E-state index in [2.05, 4.69) is 34.7 Å². The molecule has 1 aromatic heterocycles. The maximum absolute atomic E-state index is 12.6. The van der Waals surface area contributed by atoms with Gasteiger partial charge in [0.1, 0.15) is 0 Å². The molecule has 0 bridgehead atoms. The fourth-order valence-corrected chi connectivity index (χ4v) is 3.29. The molecule has 1 amide bonds. The van der Waals surface area contributed by atoms with Crippen molar-refractivity contribution in [2.24, 2.45) is 11.7 Å². The highest BCUT2D eigenvalue weighted by atomic mass is 16.2. The van der Waals surface area contributed by atoms with Crippen LogP contribution in [0, 0.1) is 5.92 Å². The largest absolute Gasteiger partial charge is 0.347 e. The molecule has 110 valence electrons. The molecule has 2 aliphatic rings. The monoisotopic (exact) mass is 278 g/mol. The molecule has 3 atom stereocenters. The maximum atomic E-state index is 12.6. The highest BCUT2D eigenvalue weighted by molar-refractivity contribution is 5.82. The molecule has 1 fully saturated rings. The number of fused-ring (bicyclic) bond motifs is 1. The van der Waals surface area contributed by atoms with Crippen LogP contribution in [0.3, 0.4) is 0 Å². The van der Waals surface area contributed by atoms with Crippen LogP contribution in [0.4, 0.5) is 0 Å². The minimum atomic E-state index is -0.480. The van der Waals surface area contributed by atoms with E-state index in [1.54, 1.807) is 6.33 Å². The van der Waals surface area contributed by atoms with Crippen molar-refractivity contribution in [2.45, 2.75) is 44.9 Å². The van der Waals surface area contributed by atoms with E-state index in [0.29, 0.717) is 13.1 Å². The molecule has 0 spiro atoms. The summed E-state index contributed by atoms with van der Waals surface area (Å²) in [5.74, 6) is 0.130. The van der Waals surface area contributed by atoms with Crippen LogP contribution in [0.2, 0.25) is 0 Å². The minimum absolute atomic E-state index is 0.0273. The molecule has 0 aliphatic carbocycles. The number of aromatic nitrogens is 2. The van der Waals surface area contributed by atoms with Crippen molar-refractivity contribution in [1.82, 2.24) is 25.7 Å². The molecule has 7 heteroatoms. The molecule has 5 N–H and O–H groups in total. The Bertz CT molecular complexity index is 491. The molecule has 2 aliphatic heterocycles. The van der Waals surface area contributed by atoms with Crippen molar-refractivity contribution < 1.29 is 4.79 Å². The third kappa shape index (κ3) is 2.21. The summed E-state index contributed by atoms with van der Waals surface area (Å²) in [4.78, 5) is 21.8. The highest BCUT2D eigenvalue weighted by Crippen LogP contribution is 2.21. The van der Waals surface area contributed by atoms with Crippen LogP contribution in [-0.4, -0.2) is 45.4 Å². The standard InChI is InChI=1S/C13H22N6O/c1-7-11(8(2)18-17-7)12(14)13(20)19-4-3-9-10(5-19)16-6-15-9/h6-8,11-12,17-18H,3-5,14H2,1-2H3,(H,15,16). The summed E-state index contributed by atoms with van der Waals surface area (Å²) in [6.45, 7) is 5.38. The number of hydrogen-bond acceptors (Lipinski definition) is 5. The molecule has 1 aromatic rings. The SMILES string of the molecule is CC1NNC(C)C1C(N)C(=O)N1CCc2nc[nH]c2C1. The Hall–Kier alpha value is -1.44. The molecule has 0 radical (unpaired) electrons. The number of rotatable bonds is 2. The van der Waals surface area contributed by atoms with Crippen molar-refractivity contribution in [3.8, 4) is 0 Å². The van der Waals surface area contributed by atoms with E-state index in [1.165, 1.54) is 0 Å². The third-order valence-corrected chi connectivity index (χ3v) is 4.48. The average Bonchev–Trinajstić information content (AvgIpc) is 3.03. The first-order valence-electron chi connectivity index (χ1n) is 7.14. The lowest BCUT2D eigenvalue weighted by atomic mass is 9.88. The zero-order chi connectivity index (χ0) is 14.3. The van der Waals surface area contributed by atoms with Gasteiger partial charge >= 0.3 is 0 Å². The summed E-state index contributed by atoms with van der Waals surface area (Å²) in [5, 5.41) is 0. The number of nitrogens with two attached hydrogens (primary N) is 1. The first-order chi connectivity index (χ1) is 9.58. The Kier molecular flexibility index (Phi) is 3.49. The number of amides is 1. The molecular weight excluding hydrogens is 256 g/mol. The topological polar surface area (TPSA) is 99.1 Å². The van der Waals surface area contributed by atoms with E-state index in [4.69, 9.17) is 5.73 Å². The summed E-state index contributed by atoms with van der Waals surface area (Å²) in [6, 6.07) is -0.0973. The molecular formula is C13H22N6O. The van der Waals surface area contributed by atoms with Crippen molar-refractivity contribution in [2.75, 3.05) is 6.54 Å². The van der Waals surface area contributed by atoms with E-state index in [-0.39, 0.29) is 23.9 Å². The third-order valence-electron chi connectivity index (χ3n) is 4.48. The highest BCUT2D eigenvalue weighted by Gasteiger charge is 2.40. The average molecular weight is 278 g/mol. The molecule has 20 heavy (non-hydrogen) atoms. The van der Waals surface area contributed by atoms with Gasteiger partial charge in [-0.2, -0.15) is 0 Å². The Labute approximate surface area is 118 Å². The van der Waals surface area contributed by atoms with Gasteiger partial charge < -0.3 is 15.6 Å². The van der Waals surface area contributed by atoms with Gasteiger partial charge in [0, 0.05) is 31.0 Å². The van der Waals surface area contributed by atoms with Crippen LogP contribution in [0.5, 0.6) is 0 Å². The number of carbonyl (C=O) groups excluding carboxylic acids is 1. The van der Waals surface area contributed by atoms with Crippen molar-refractivity contribution in [3.05, 3.63) is 17.7 Å². The second kappa shape index (κ2) is 5.16. The van der Waals surface area contributed by atoms with Gasteiger partial charge in [-0.25, -0.2) is 4.98 Å². The summed E-state index contributed by atoms with van der Waals surface area (Å²) in [7, 11) is 0. The molecule has 3 rings (SSSR count). The van der Waals surface area contributed by atoms with E-state index in [0.717, 1.165) is 17.8 Å². The Morgan fingerprint density at radius 3 is 2.85 bits per heavy atom. The lowest BCUT2D eigenvalue weighted by molar-refractivity contribution is -0.135. The molecule has 0 aromatic carbocycles. The predicted octanol–water partition coefficient (Wildman–Crippen LogP) is -0.877. The van der Waals surface area contributed by atoms with Crippen LogP contribution >= 0.6 is 0 Å². The first kappa shape index (κ1) is 13.5. The second-order valence-electron chi connectivity index (χ2n) is 5.81. The zero-order valence-electron chi connectivity index (χ0n) is 11.9. The van der Waals surface area contributed by atoms with Crippen molar-refractivity contribution >= 4 is 5.91 Å². The van der Waals surface area contributed by atoms with Crippen LogP contribution < -0.4 is 16.6 Å². The van der Waals surface area contributed by atoms with Crippen molar-refractivity contribution in [3.63, 3.8) is 0 Å². The number of hydrogen-bond donors (Lipinski definition) is 4. The van der Waals surface area contributed by atoms with E-state index < -0.39 is 6.04 Å². The van der Waals surface area contributed by atoms with Gasteiger partial charge in [-0.15, -0.1) is 0 Å². The summed E-state index contributed by atoms with van der Waals surface area (Å²) in [6.07, 6.45) is 2.48. The summed E-state index contributed by atoms with van der Waals surface area (Å²) in [5.41, 5.74) is 14.6. The molecule has 1 saturated heterocycles. The normalized spacial score (nSPS) is 31.1. The Morgan fingerprint density at radius 2 is 2.15 bits per heavy atom. The van der Waals surface area contributed by atoms with Gasteiger partial charge in [-0.05, 0) is 13.8 Å². The number of H-pyrrole nitrogens is 1. The predicted molar refractivity (Wildman–Crippen MR) is 74.4 cm³/mol. The number of carbonyl (C=O) groups is 1. The zero-order valence-corrected chi connectivity index (χ0v) is 11.9. The molecule has 3 unspecified atom stereocenters. The lowest BCUT2D eigenvalue weighted by Crippen LogP contribution is -2.53. The van der Waals surface area contributed by atoms with Gasteiger partial charge in [0.25, 0.3) is 0 Å². The van der Waals surface area contributed by atoms with Crippen LogP contribution in [-0.2, 0) is 17.8 Å². The van der Waals surface area contributed by atoms with E-state index >= 15 is 0 Å². The number of nitrogens with one attached hydrogen (secondary N) is 3. The van der Waals surface area contributed by atoms with E-state index in [1.807, 2.05) is 4.90 Å². The number of nitrogens with zero attached hydrogens (tertiary/aromatic N) is 2. The summed E-state index contributed by atoms with van der Waals surface area (Å²) >= 11 is 0. The van der Waals surface area contributed by atoms with Gasteiger partial charge in [0.2, 0.25) is 5.91 Å². The van der Waals surface area contributed by atoms with Crippen LogP contribution in [0.1, 0.15) is 25.2 Å². The number of imidazole rings is 1. The molecule has 0 saturated carbocycles. The quantitative estimate of drug-likeness (QED) is 0.563. The smallest absolute Gasteiger partial charge is 0.240 e. The lowest BCUT2D eigenvalue weighted by Gasteiger charge is -2.32. The van der Waals surface area contributed by atoms with Gasteiger partial charge in [-0.1, -0.05) is 0 Å². The number of hydrazine groups is 1.